The van der Waals surface area contributed by atoms with E-state index in [9.17, 15) is 13.6 Å². The molecule has 0 saturated heterocycles. The number of carbonyl (C=O) groups is 1. The molecule has 0 bridgehead atoms. The van der Waals surface area contributed by atoms with Crippen LogP contribution in [0.2, 0.25) is 0 Å². The predicted molar refractivity (Wildman–Crippen MR) is 63.4 cm³/mol. The van der Waals surface area contributed by atoms with Crippen LogP contribution in [0.1, 0.15) is 0 Å². The van der Waals surface area contributed by atoms with Gasteiger partial charge in [0, 0.05) is 5.56 Å². The number of hydrogen-bond acceptors (Lipinski definition) is 1. The molecular weight excluding hydrogens is 240 g/mol. The zero-order valence-corrected chi connectivity index (χ0v) is 9.15. The van der Waals surface area contributed by atoms with Crippen molar-refractivity contribution in [1.82, 2.24) is 0 Å². The molecule has 0 unspecified atom stereocenters. The van der Waals surface area contributed by atoms with E-state index in [2.05, 4.69) is 5.32 Å². The number of halogens is 2. The van der Waals surface area contributed by atoms with Gasteiger partial charge in [0.1, 0.15) is 11.6 Å². The molecular formula is C13H9F2NO2. The average Bonchev–Trinajstić information content (AvgIpc) is 2.30. The molecule has 0 aliphatic carbocycles. The summed E-state index contributed by atoms with van der Waals surface area (Å²) in [6.07, 6.45) is -1.29. The second-order valence-corrected chi connectivity index (χ2v) is 3.63. The highest BCUT2D eigenvalue weighted by Crippen LogP contribution is 2.28. The molecule has 1 amide bonds. The van der Waals surface area contributed by atoms with Gasteiger partial charge in [0.2, 0.25) is 0 Å². The van der Waals surface area contributed by atoms with Gasteiger partial charge in [0.25, 0.3) is 0 Å². The second kappa shape index (κ2) is 4.83. The van der Waals surface area contributed by atoms with Gasteiger partial charge in [0.15, 0.2) is 0 Å². The Bertz CT molecular complexity index is 582. The smallest absolute Gasteiger partial charge is 0.409 e. The molecule has 0 spiro atoms. The van der Waals surface area contributed by atoms with Gasteiger partial charge in [-0.1, -0.05) is 12.1 Å². The highest BCUT2D eigenvalue weighted by molar-refractivity contribution is 5.90. The number of anilines is 1. The molecule has 3 nitrogen and oxygen atoms in total. The highest BCUT2D eigenvalue weighted by atomic mass is 19.1. The van der Waals surface area contributed by atoms with Gasteiger partial charge in [-0.05, 0) is 35.9 Å². The molecule has 5 heteroatoms. The van der Waals surface area contributed by atoms with E-state index in [4.69, 9.17) is 5.11 Å². The molecule has 0 aromatic heterocycles. The Kier molecular flexibility index (Phi) is 3.23. The summed E-state index contributed by atoms with van der Waals surface area (Å²) in [5.74, 6) is -0.946. The van der Waals surface area contributed by atoms with Gasteiger partial charge in [0.05, 0.1) is 5.69 Å². The van der Waals surface area contributed by atoms with Crippen molar-refractivity contribution in [3.05, 3.63) is 54.1 Å². The molecule has 2 rings (SSSR count). The topological polar surface area (TPSA) is 49.3 Å². The van der Waals surface area contributed by atoms with E-state index in [0.29, 0.717) is 11.1 Å². The van der Waals surface area contributed by atoms with E-state index in [1.807, 2.05) is 0 Å². The molecule has 2 aromatic carbocycles. The fourth-order valence-corrected chi connectivity index (χ4v) is 1.62. The maximum atomic E-state index is 13.1. The summed E-state index contributed by atoms with van der Waals surface area (Å²) in [4.78, 5) is 10.6. The number of nitrogens with one attached hydrogen (secondary N) is 1. The lowest BCUT2D eigenvalue weighted by atomic mass is 10.0. The lowest BCUT2D eigenvalue weighted by Crippen LogP contribution is -2.08. The molecule has 0 radical (unpaired) electrons. The first-order valence-corrected chi connectivity index (χ1v) is 5.12. The van der Waals surface area contributed by atoms with E-state index in [1.165, 1.54) is 36.4 Å². The van der Waals surface area contributed by atoms with Gasteiger partial charge in [-0.2, -0.15) is 0 Å². The first-order chi connectivity index (χ1) is 8.56. The fourth-order valence-electron chi connectivity index (χ4n) is 1.62. The van der Waals surface area contributed by atoms with Crippen molar-refractivity contribution in [1.29, 1.82) is 0 Å². The predicted octanol–water partition coefficient (Wildman–Crippen LogP) is 3.72. The minimum Gasteiger partial charge on any atom is -0.465 e. The van der Waals surface area contributed by atoms with Crippen LogP contribution >= 0.6 is 0 Å². The summed E-state index contributed by atoms with van der Waals surface area (Å²) in [5.41, 5.74) is 1.20. The molecule has 0 atom stereocenters. The van der Waals surface area contributed by atoms with Crippen LogP contribution < -0.4 is 5.32 Å². The summed E-state index contributed by atoms with van der Waals surface area (Å²) in [5, 5.41) is 10.8. The summed E-state index contributed by atoms with van der Waals surface area (Å²) in [6.45, 7) is 0. The van der Waals surface area contributed by atoms with Crippen LogP contribution in [-0.2, 0) is 0 Å². The van der Waals surface area contributed by atoms with E-state index in [1.54, 1.807) is 0 Å². The third-order valence-electron chi connectivity index (χ3n) is 2.38. The van der Waals surface area contributed by atoms with Gasteiger partial charge >= 0.3 is 6.09 Å². The molecule has 92 valence electrons. The lowest BCUT2D eigenvalue weighted by molar-refractivity contribution is 0.210. The van der Waals surface area contributed by atoms with E-state index < -0.39 is 17.7 Å². The van der Waals surface area contributed by atoms with Gasteiger partial charge in [-0.15, -0.1) is 0 Å². The van der Waals surface area contributed by atoms with Crippen molar-refractivity contribution in [2.45, 2.75) is 0 Å². The fraction of sp³-hybridized carbons (Fsp3) is 0. The molecule has 2 N–H and O–H groups in total. The Morgan fingerprint density at radius 2 is 1.61 bits per heavy atom. The highest BCUT2D eigenvalue weighted by Gasteiger charge is 2.09. The molecule has 0 saturated carbocycles. The van der Waals surface area contributed by atoms with Gasteiger partial charge in [-0.25, -0.2) is 13.6 Å². The van der Waals surface area contributed by atoms with Crippen LogP contribution in [-0.4, -0.2) is 11.2 Å². The SMILES string of the molecule is O=C(O)Nc1cc(F)ccc1-c1ccc(F)cc1. The van der Waals surface area contributed by atoms with Crippen molar-refractivity contribution < 1.29 is 18.7 Å². The normalized spacial score (nSPS) is 10.1. The largest absolute Gasteiger partial charge is 0.465 e. The number of benzene rings is 2. The van der Waals surface area contributed by atoms with Crippen LogP contribution in [0.5, 0.6) is 0 Å². The number of hydrogen-bond donors (Lipinski definition) is 2. The van der Waals surface area contributed by atoms with Crippen LogP contribution in [0.3, 0.4) is 0 Å². The minimum absolute atomic E-state index is 0.120. The standard InChI is InChI=1S/C13H9F2NO2/c14-9-3-1-8(2-4-9)11-6-5-10(15)7-12(11)16-13(17)18/h1-7,16H,(H,17,18). The Hall–Kier alpha value is -2.43. The van der Waals surface area contributed by atoms with Crippen LogP contribution in [0.25, 0.3) is 11.1 Å². The number of carboxylic acid groups (broad SMARTS) is 1. The Morgan fingerprint density at radius 1 is 1.00 bits per heavy atom. The molecule has 2 aromatic rings. The van der Waals surface area contributed by atoms with Crippen molar-refractivity contribution in [2.75, 3.05) is 5.32 Å². The van der Waals surface area contributed by atoms with Crippen molar-refractivity contribution in [2.24, 2.45) is 0 Å². The van der Waals surface area contributed by atoms with Crippen molar-refractivity contribution >= 4 is 11.8 Å². The van der Waals surface area contributed by atoms with E-state index in [0.717, 1.165) is 6.07 Å². The second-order valence-electron chi connectivity index (χ2n) is 3.63. The number of rotatable bonds is 2. The number of amides is 1. The maximum Gasteiger partial charge on any atom is 0.409 e. The van der Waals surface area contributed by atoms with E-state index in [-0.39, 0.29) is 5.69 Å². The summed E-state index contributed by atoms with van der Waals surface area (Å²) in [6, 6.07) is 9.23. The molecule has 0 heterocycles. The molecule has 18 heavy (non-hydrogen) atoms. The molecule has 0 aliphatic rings. The minimum atomic E-state index is -1.29. The van der Waals surface area contributed by atoms with Gasteiger partial charge in [-0.3, -0.25) is 5.32 Å². The van der Waals surface area contributed by atoms with Crippen molar-refractivity contribution in [3.8, 4) is 11.1 Å². The third-order valence-corrected chi connectivity index (χ3v) is 2.38. The zero-order valence-electron chi connectivity index (χ0n) is 9.15. The molecule has 0 fully saturated rings. The van der Waals surface area contributed by atoms with Crippen LogP contribution in [0, 0.1) is 11.6 Å². The van der Waals surface area contributed by atoms with Crippen LogP contribution in [0.15, 0.2) is 42.5 Å². The average molecular weight is 249 g/mol. The lowest BCUT2D eigenvalue weighted by Gasteiger charge is -2.09. The van der Waals surface area contributed by atoms with E-state index >= 15 is 0 Å². The summed E-state index contributed by atoms with van der Waals surface area (Å²) in [7, 11) is 0. The third kappa shape index (κ3) is 2.63. The Labute approximate surface area is 102 Å². The maximum absolute atomic E-state index is 13.1. The summed E-state index contributed by atoms with van der Waals surface area (Å²) < 4.78 is 25.9. The Morgan fingerprint density at radius 3 is 2.22 bits per heavy atom. The van der Waals surface area contributed by atoms with Crippen molar-refractivity contribution in [3.63, 3.8) is 0 Å². The quantitative estimate of drug-likeness (QED) is 0.852. The van der Waals surface area contributed by atoms with Gasteiger partial charge < -0.3 is 5.11 Å². The molecule has 0 aliphatic heterocycles. The first-order valence-electron chi connectivity index (χ1n) is 5.12. The monoisotopic (exact) mass is 249 g/mol. The summed E-state index contributed by atoms with van der Waals surface area (Å²) >= 11 is 0. The first kappa shape index (κ1) is 12.0. The zero-order chi connectivity index (χ0) is 13.1. The Balaban J connectivity index is 2.49. The van der Waals surface area contributed by atoms with Crippen LogP contribution in [0.4, 0.5) is 19.3 Å².